The second kappa shape index (κ2) is 8.33. The van der Waals surface area contributed by atoms with Crippen LogP contribution in [-0.4, -0.2) is 23.8 Å². The lowest BCUT2D eigenvalue weighted by Crippen LogP contribution is -2.25. The highest BCUT2D eigenvalue weighted by atomic mass is 79.9. The molecule has 0 heterocycles. The minimum atomic E-state index is -0.271. The SMILES string of the molecule is O=C(CNc1ccc2ccccc2c1)N/N=C/c1cc(O)c(Br)cc1Br. The van der Waals surface area contributed by atoms with Crippen molar-refractivity contribution in [1.29, 1.82) is 0 Å². The second-order valence-electron chi connectivity index (χ2n) is 5.53. The summed E-state index contributed by atoms with van der Waals surface area (Å²) in [5.41, 5.74) is 3.96. The van der Waals surface area contributed by atoms with Gasteiger partial charge in [-0.05, 0) is 51.0 Å². The molecule has 0 atom stereocenters. The number of aromatic hydroxyl groups is 1. The van der Waals surface area contributed by atoms with Crippen LogP contribution < -0.4 is 10.7 Å². The third-order valence-corrected chi connectivity index (χ3v) is 4.98. The van der Waals surface area contributed by atoms with Gasteiger partial charge in [-0.1, -0.05) is 46.3 Å². The van der Waals surface area contributed by atoms with E-state index in [0.29, 0.717) is 10.0 Å². The Hall–Kier alpha value is -2.38. The summed E-state index contributed by atoms with van der Waals surface area (Å²) in [6.07, 6.45) is 1.46. The summed E-state index contributed by atoms with van der Waals surface area (Å²) in [7, 11) is 0. The Balaban J connectivity index is 1.56. The van der Waals surface area contributed by atoms with Crippen LogP contribution in [0.4, 0.5) is 5.69 Å². The van der Waals surface area contributed by atoms with E-state index in [4.69, 9.17) is 0 Å². The maximum atomic E-state index is 11.9. The molecule has 5 nitrogen and oxygen atoms in total. The highest BCUT2D eigenvalue weighted by molar-refractivity contribution is 9.11. The van der Waals surface area contributed by atoms with E-state index < -0.39 is 0 Å². The van der Waals surface area contributed by atoms with Crippen molar-refractivity contribution in [2.45, 2.75) is 0 Å². The molecule has 0 bridgehead atoms. The van der Waals surface area contributed by atoms with Crippen LogP contribution in [0.5, 0.6) is 5.75 Å². The van der Waals surface area contributed by atoms with Crippen LogP contribution in [0.25, 0.3) is 10.8 Å². The number of hydrogen-bond acceptors (Lipinski definition) is 4. The van der Waals surface area contributed by atoms with Crippen molar-refractivity contribution in [2.24, 2.45) is 5.10 Å². The number of carbonyl (C=O) groups excluding carboxylic acids is 1. The van der Waals surface area contributed by atoms with Crippen LogP contribution in [0.3, 0.4) is 0 Å². The molecule has 0 radical (unpaired) electrons. The van der Waals surface area contributed by atoms with Crippen LogP contribution >= 0.6 is 31.9 Å². The Bertz CT molecular complexity index is 990. The molecule has 0 aliphatic carbocycles. The van der Waals surface area contributed by atoms with Gasteiger partial charge in [0.05, 0.1) is 17.2 Å². The van der Waals surface area contributed by atoms with E-state index in [1.807, 2.05) is 42.5 Å². The summed E-state index contributed by atoms with van der Waals surface area (Å²) in [6.45, 7) is 0.0996. The molecule has 0 aliphatic rings. The summed E-state index contributed by atoms with van der Waals surface area (Å²) >= 11 is 6.60. The van der Waals surface area contributed by atoms with E-state index in [0.717, 1.165) is 20.9 Å². The number of hydrogen-bond donors (Lipinski definition) is 3. The standard InChI is InChI=1S/C19H15Br2N3O2/c20-16-9-17(21)18(25)8-14(16)10-23-24-19(26)11-22-15-6-5-12-3-1-2-4-13(12)7-15/h1-10,22,25H,11H2,(H,24,26)/b23-10+. The maximum Gasteiger partial charge on any atom is 0.259 e. The van der Waals surface area contributed by atoms with Gasteiger partial charge >= 0.3 is 0 Å². The number of halogens is 2. The molecule has 3 aromatic rings. The Kier molecular flexibility index (Phi) is 5.90. The highest BCUT2D eigenvalue weighted by Crippen LogP contribution is 2.29. The lowest BCUT2D eigenvalue weighted by atomic mass is 10.1. The Morgan fingerprint density at radius 2 is 1.81 bits per heavy atom. The molecule has 7 heteroatoms. The molecule has 0 spiro atoms. The molecule has 132 valence electrons. The lowest BCUT2D eigenvalue weighted by molar-refractivity contribution is -0.119. The van der Waals surface area contributed by atoms with E-state index in [1.165, 1.54) is 12.3 Å². The number of carbonyl (C=O) groups is 1. The average molecular weight is 477 g/mol. The zero-order valence-corrected chi connectivity index (χ0v) is 16.7. The lowest BCUT2D eigenvalue weighted by Gasteiger charge is -2.07. The third-order valence-electron chi connectivity index (χ3n) is 3.66. The number of phenolic OH excluding ortho intramolecular Hbond substituents is 1. The normalized spacial score (nSPS) is 11.0. The maximum absolute atomic E-state index is 11.9. The smallest absolute Gasteiger partial charge is 0.259 e. The number of hydrazone groups is 1. The minimum Gasteiger partial charge on any atom is -0.507 e. The van der Waals surface area contributed by atoms with E-state index in [1.54, 1.807) is 6.07 Å². The second-order valence-corrected chi connectivity index (χ2v) is 7.24. The first-order valence-corrected chi connectivity index (χ1v) is 9.34. The van der Waals surface area contributed by atoms with Gasteiger partial charge < -0.3 is 10.4 Å². The van der Waals surface area contributed by atoms with Gasteiger partial charge in [0, 0.05) is 15.7 Å². The quantitative estimate of drug-likeness (QED) is 0.371. The van der Waals surface area contributed by atoms with Crippen molar-refractivity contribution in [2.75, 3.05) is 11.9 Å². The number of anilines is 1. The van der Waals surface area contributed by atoms with Gasteiger partial charge in [-0.25, -0.2) is 5.43 Å². The van der Waals surface area contributed by atoms with Gasteiger partial charge in [-0.15, -0.1) is 0 Å². The highest BCUT2D eigenvalue weighted by Gasteiger charge is 2.05. The third kappa shape index (κ3) is 4.62. The molecular weight excluding hydrogens is 462 g/mol. The van der Waals surface area contributed by atoms with E-state index >= 15 is 0 Å². The molecule has 0 saturated heterocycles. The number of nitrogens with zero attached hydrogens (tertiary/aromatic N) is 1. The predicted octanol–water partition coefficient (Wildman–Crippen LogP) is 4.63. The van der Waals surface area contributed by atoms with Gasteiger partial charge in [-0.3, -0.25) is 4.79 Å². The minimum absolute atomic E-state index is 0.0962. The Labute approximate surface area is 167 Å². The number of nitrogens with one attached hydrogen (secondary N) is 2. The molecule has 0 fully saturated rings. The molecule has 1 amide bonds. The summed E-state index contributed by atoms with van der Waals surface area (Å²) in [5, 5.41) is 18.9. The number of rotatable bonds is 5. The van der Waals surface area contributed by atoms with Crippen LogP contribution in [0.2, 0.25) is 0 Å². The van der Waals surface area contributed by atoms with Crippen LogP contribution in [-0.2, 0) is 4.79 Å². The molecule has 3 aromatic carbocycles. The zero-order valence-electron chi connectivity index (χ0n) is 13.5. The number of amides is 1. The number of benzene rings is 3. The zero-order chi connectivity index (χ0) is 18.5. The Morgan fingerprint density at radius 1 is 1.04 bits per heavy atom. The first-order valence-electron chi connectivity index (χ1n) is 7.75. The summed E-state index contributed by atoms with van der Waals surface area (Å²) < 4.78 is 1.32. The first-order chi connectivity index (χ1) is 12.5. The molecule has 3 N–H and O–H groups in total. The number of phenols is 1. The van der Waals surface area contributed by atoms with Crippen molar-refractivity contribution in [3.05, 3.63) is 69.1 Å². The summed E-state index contributed by atoms with van der Waals surface area (Å²) in [5.74, 6) is -0.175. The molecule has 0 aliphatic heterocycles. The van der Waals surface area contributed by atoms with Crippen molar-refractivity contribution in [1.82, 2.24) is 5.43 Å². The van der Waals surface area contributed by atoms with Crippen molar-refractivity contribution >= 4 is 60.4 Å². The average Bonchev–Trinajstić information content (AvgIpc) is 2.64. The summed E-state index contributed by atoms with van der Waals surface area (Å²) in [6, 6.07) is 17.2. The predicted molar refractivity (Wildman–Crippen MR) is 112 cm³/mol. The molecule has 0 aromatic heterocycles. The van der Waals surface area contributed by atoms with Crippen LogP contribution in [0, 0.1) is 0 Å². The van der Waals surface area contributed by atoms with E-state index in [-0.39, 0.29) is 18.2 Å². The number of fused-ring (bicyclic) bond motifs is 1. The molecule has 26 heavy (non-hydrogen) atoms. The van der Waals surface area contributed by atoms with E-state index in [9.17, 15) is 9.90 Å². The van der Waals surface area contributed by atoms with Crippen LogP contribution in [0.15, 0.2) is 68.6 Å². The van der Waals surface area contributed by atoms with Gasteiger partial charge in [0.2, 0.25) is 0 Å². The van der Waals surface area contributed by atoms with Crippen molar-refractivity contribution in [3.8, 4) is 5.75 Å². The van der Waals surface area contributed by atoms with Gasteiger partial charge in [0.25, 0.3) is 5.91 Å². The van der Waals surface area contributed by atoms with Gasteiger partial charge in [0.1, 0.15) is 5.75 Å². The van der Waals surface area contributed by atoms with Gasteiger partial charge in [-0.2, -0.15) is 5.10 Å². The molecule has 0 unspecified atom stereocenters. The summed E-state index contributed by atoms with van der Waals surface area (Å²) in [4.78, 5) is 11.9. The topological polar surface area (TPSA) is 73.7 Å². The Morgan fingerprint density at radius 3 is 2.62 bits per heavy atom. The fourth-order valence-electron chi connectivity index (χ4n) is 2.35. The van der Waals surface area contributed by atoms with Gasteiger partial charge in [0.15, 0.2) is 0 Å². The monoisotopic (exact) mass is 475 g/mol. The van der Waals surface area contributed by atoms with E-state index in [2.05, 4.69) is 47.7 Å². The molecular formula is C19H15Br2N3O2. The largest absolute Gasteiger partial charge is 0.507 e. The fourth-order valence-corrected chi connectivity index (χ4v) is 3.44. The van der Waals surface area contributed by atoms with Crippen molar-refractivity contribution in [3.63, 3.8) is 0 Å². The van der Waals surface area contributed by atoms with Crippen molar-refractivity contribution < 1.29 is 9.90 Å². The molecule has 3 rings (SSSR count). The van der Waals surface area contributed by atoms with Crippen LogP contribution in [0.1, 0.15) is 5.56 Å². The fraction of sp³-hybridized carbons (Fsp3) is 0.0526. The molecule has 0 saturated carbocycles. The first kappa shape index (κ1) is 18.4.